The van der Waals surface area contributed by atoms with Gasteiger partial charge in [0, 0.05) is 23.6 Å². The second-order valence-corrected chi connectivity index (χ2v) is 10.3. The van der Waals surface area contributed by atoms with Crippen molar-refractivity contribution in [3.63, 3.8) is 0 Å². The van der Waals surface area contributed by atoms with Crippen LogP contribution in [0.15, 0.2) is 80.8 Å². The van der Waals surface area contributed by atoms with E-state index in [0.717, 1.165) is 47.2 Å². The highest BCUT2D eigenvalue weighted by atomic mass is 19.1. The summed E-state index contributed by atoms with van der Waals surface area (Å²) in [5, 5.41) is 3.83. The van der Waals surface area contributed by atoms with Gasteiger partial charge in [0.05, 0.1) is 17.5 Å². The topological polar surface area (TPSA) is 103 Å². The van der Waals surface area contributed by atoms with Crippen molar-refractivity contribution in [3.05, 3.63) is 116 Å². The van der Waals surface area contributed by atoms with Crippen LogP contribution in [0.1, 0.15) is 48.8 Å². The van der Waals surface area contributed by atoms with Crippen LogP contribution in [0.25, 0.3) is 28.2 Å². The van der Waals surface area contributed by atoms with E-state index in [9.17, 15) is 14.0 Å². The molecule has 1 fully saturated rings. The number of halogens is 1. The van der Waals surface area contributed by atoms with E-state index in [1.54, 1.807) is 19.1 Å². The van der Waals surface area contributed by atoms with Gasteiger partial charge in [-0.2, -0.15) is 0 Å². The number of nitrogens with one attached hydrogen (secondary N) is 1. The summed E-state index contributed by atoms with van der Waals surface area (Å²) in [6.45, 7) is 3.82. The number of nitrogens with zero attached hydrogens (tertiary/aromatic N) is 3. The predicted molar refractivity (Wildman–Crippen MR) is 153 cm³/mol. The highest BCUT2D eigenvalue weighted by Crippen LogP contribution is 2.31. The summed E-state index contributed by atoms with van der Waals surface area (Å²) in [6, 6.07) is 20.1. The van der Waals surface area contributed by atoms with Crippen LogP contribution in [0.5, 0.6) is 5.75 Å². The van der Waals surface area contributed by atoms with Gasteiger partial charge in [-0.25, -0.2) is 14.2 Å². The number of hydrogen-bond acceptors (Lipinski definition) is 6. The SMILES string of the molecule is CCCc1nc(C)n(-c2ccc(OC3CC3)c(F)c2)c(=O)c1Cc1ccc(-c2ccccc2-c2noc(=O)[nH]2)cc1. The molecule has 208 valence electrons. The smallest absolute Gasteiger partial charge is 0.439 e. The van der Waals surface area contributed by atoms with Gasteiger partial charge < -0.3 is 4.74 Å². The molecule has 41 heavy (non-hydrogen) atoms. The molecule has 3 aromatic carbocycles. The normalized spacial score (nSPS) is 13.0. The van der Waals surface area contributed by atoms with Crippen molar-refractivity contribution < 1.29 is 13.7 Å². The lowest BCUT2D eigenvalue weighted by Crippen LogP contribution is -2.28. The number of benzene rings is 3. The highest BCUT2D eigenvalue weighted by molar-refractivity contribution is 5.80. The first-order valence-corrected chi connectivity index (χ1v) is 13.7. The fourth-order valence-electron chi connectivity index (χ4n) is 5.03. The molecule has 1 aliphatic carbocycles. The Bertz CT molecular complexity index is 1830. The summed E-state index contributed by atoms with van der Waals surface area (Å²) < 4.78 is 26.7. The third-order valence-corrected chi connectivity index (χ3v) is 7.18. The zero-order chi connectivity index (χ0) is 28.5. The lowest BCUT2D eigenvalue weighted by atomic mass is 9.96. The number of ether oxygens (including phenoxy) is 1. The minimum Gasteiger partial charge on any atom is -0.487 e. The van der Waals surface area contributed by atoms with Crippen molar-refractivity contribution in [3.8, 4) is 34.0 Å². The maximum absolute atomic E-state index is 14.9. The van der Waals surface area contributed by atoms with Gasteiger partial charge in [-0.15, -0.1) is 0 Å². The van der Waals surface area contributed by atoms with Gasteiger partial charge in [0.25, 0.3) is 5.56 Å². The van der Waals surface area contributed by atoms with Crippen LogP contribution < -0.4 is 16.1 Å². The van der Waals surface area contributed by atoms with Crippen molar-refractivity contribution in [2.75, 3.05) is 0 Å². The van der Waals surface area contributed by atoms with Crippen molar-refractivity contribution in [1.29, 1.82) is 0 Å². The number of aromatic amines is 1. The second kappa shape index (κ2) is 11.0. The van der Waals surface area contributed by atoms with Crippen LogP contribution in [0.3, 0.4) is 0 Å². The molecule has 8 nitrogen and oxygen atoms in total. The molecule has 0 amide bonds. The molecule has 2 heterocycles. The molecule has 0 radical (unpaired) electrons. The Labute approximate surface area is 235 Å². The van der Waals surface area contributed by atoms with Gasteiger partial charge in [-0.1, -0.05) is 67.0 Å². The summed E-state index contributed by atoms with van der Waals surface area (Å²) in [4.78, 5) is 32.8. The fraction of sp³-hybridized carbons (Fsp3) is 0.250. The molecular formula is C32H29FN4O4. The Morgan fingerprint density at radius 1 is 1.05 bits per heavy atom. The van der Waals surface area contributed by atoms with Gasteiger partial charge in [-0.05, 0) is 55.0 Å². The van der Waals surface area contributed by atoms with E-state index in [0.29, 0.717) is 35.7 Å². The molecule has 0 unspecified atom stereocenters. The number of rotatable bonds is 9. The number of hydrogen-bond donors (Lipinski definition) is 1. The number of aryl methyl sites for hydroxylation is 2. The molecule has 0 spiro atoms. The monoisotopic (exact) mass is 552 g/mol. The van der Waals surface area contributed by atoms with E-state index in [1.165, 1.54) is 10.6 Å². The van der Waals surface area contributed by atoms with Crippen LogP contribution in [-0.4, -0.2) is 25.8 Å². The molecule has 9 heteroatoms. The molecule has 5 aromatic rings. The van der Waals surface area contributed by atoms with Gasteiger partial charge in [0.1, 0.15) is 5.82 Å². The Balaban J connectivity index is 1.34. The molecule has 2 aromatic heterocycles. The number of aromatic nitrogens is 4. The molecule has 0 bridgehead atoms. The molecule has 1 saturated carbocycles. The molecule has 0 atom stereocenters. The molecule has 1 aliphatic rings. The van der Waals surface area contributed by atoms with E-state index in [-0.39, 0.29) is 17.4 Å². The average molecular weight is 553 g/mol. The molecule has 1 N–H and O–H groups in total. The lowest BCUT2D eigenvalue weighted by molar-refractivity contribution is 0.287. The fourth-order valence-corrected chi connectivity index (χ4v) is 5.03. The van der Waals surface area contributed by atoms with Gasteiger partial charge in [0.15, 0.2) is 17.4 Å². The van der Waals surface area contributed by atoms with E-state index in [1.807, 2.05) is 48.5 Å². The quantitative estimate of drug-likeness (QED) is 0.249. The first-order valence-electron chi connectivity index (χ1n) is 13.7. The molecule has 6 rings (SSSR count). The minimum atomic E-state index is -0.615. The van der Waals surface area contributed by atoms with E-state index in [4.69, 9.17) is 14.2 Å². The second-order valence-electron chi connectivity index (χ2n) is 10.3. The Morgan fingerprint density at radius 3 is 2.46 bits per heavy atom. The van der Waals surface area contributed by atoms with Crippen molar-refractivity contribution in [2.45, 2.75) is 52.1 Å². The van der Waals surface area contributed by atoms with Crippen LogP contribution in [0, 0.1) is 12.7 Å². The maximum Gasteiger partial charge on any atom is 0.439 e. The molecular weight excluding hydrogens is 523 g/mol. The van der Waals surface area contributed by atoms with E-state index >= 15 is 0 Å². The minimum absolute atomic E-state index is 0.0765. The molecule has 0 saturated heterocycles. The van der Waals surface area contributed by atoms with Gasteiger partial charge >= 0.3 is 5.76 Å². The van der Waals surface area contributed by atoms with Crippen molar-refractivity contribution in [1.82, 2.24) is 19.7 Å². The lowest BCUT2D eigenvalue weighted by Gasteiger charge is -2.16. The summed E-state index contributed by atoms with van der Waals surface area (Å²) >= 11 is 0. The first-order chi connectivity index (χ1) is 19.9. The van der Waals surface area contributed by atoms with Crippen LogP contribution in [0.2, 0.25) is 0 Å². The summed E-state index contributed by atoms with van der Waals surface area (Å²) in [5.74, 6) is -0.0421. The summed E-state index contributed by atoms with van der Waals surface area (Å²) in [7, 11) is 0. The van der Waals surface area contributed by atoms with Crippen LogP contribution in [-0.2, 0) is 12.8 Å². The predicted octanol–water partition coefficient (Wildman–Crippen LogP) is 5.77. The number of H-pyrrole nitrogens is 1. The summed E-state index contributed by atoms with van der Waals surface area (Å²) in [5.41, 5.74) is 5.03. The van der Waals surface area contributed by atoms with Crippen LogP contribution in [0.4, 0.5) is 4.39 Å². The van der Waals surface area contributed by atoms with Crippen molar-refractivity contribution in [2.24, 2.45) is 0 Å². The van der Waals surface area contributed by atoms with Gasteiger partial charge in [-0.3, -0.25) is 18.9 Å². The average Bonchev–Trinajstić information content (AvgIpc) is 3.69. The van der Waals surface area contributed by atoms with Gasteiger partial charge in [0.2, 0.25) is 0 Å². The Morgan fingerprint density at radius 2 is 1.80 bits per heavy atom. The zero-order valence-corrected chi connectivity index (χ0v) is 22.8. The van der Waals surface area contributed by atoms with Crippen LogP contribution >= 0.6 is 0 Å². The Kier molecular flexibility index (Phi) is 7.09. The third kappa shape index (κ3) is 5.48. The standard InChI is InChI=1S/C32H29FN4O4/c1-3-6-28-26(31(38)37(19(2)34-28)22-13-16-29(27(33)18-22)40-23-14-15-23)17-20-9-11-21(12-10-20)24-7-4-5-8-25(24)30-35-32(39)41-36-30/h4-5,7-13,16,18,23H,3,6,14-15,17H2,1-2H3,(H,35,36,39). The zero-order valence-electron chi connectivity index (χ0n) is 22.8. The maximum atomic E-state index is 14.9. The Hall–Kier alpha value is -4.79. The first kappa shape index (κ1) is 26.4. The molecule has 0 aliphatic heterocycles. The summed E-state index contributed by atoms with van der Waals surface area (Å²) in [6.07, 6.45) is 3.82. The highest BCUT2D eigenvalue weighted by Gasteiger charge is 2.25. The third-order valence-electron chi connectivity index (χ3n) is 7.18. The van der Waals surface area contributed by atoms with E-state index < -0.39 is 11.6 Å². The van der Waals surface area contributed by atoms with Crippen molar-refractivity contribution >= 4 is 0 Å². The largest absolute Gasteiger partial charge is 0.487 e. The van der Waals surface area contributed by atoms with E-state index in [2.05, 4.69) is 17.1 Å².